The Morgan fingerprint density at radius 3 is 2.33 bits per heavy atom. The van der Waals surface area contributed by atoms with E-state index in [2.05, 4.69) is 9.97 Å². The van der Waals surface area contributed by atoms with Crippen LogP contribution >= 0.6 is 0 Å². The summed E-state index contributed by atoms with van der Waals surface area (Å²) in [6.45, 7) is 0. The molecule has 2 rings (SSSR count). The third-order valence-corrected chi connectivity index (χ3v) is 2.51. The fourth-order valence-corrected chi connectivity index (χ4v) is 1.54. The Labute approximate surface area is 120 Å². The van der Waals surface area contributed by atoms with E-state index in [1.807, 2.05) is 0 Å². The SMILES string of the molecule is COc1cc(OC)nc(Oc2ccccc2C(=O)C#N)n1. The molecule has 0 atom stereocenters. The molecule has 0 N–H and O–H groups in total. The van der Waals surface area contributed by atoms with E-state index in [-0.39, 0.29) is 29.1 Å². The lowest BCUT2D eigenvalue weighted by Crippen LogP contribution is -2.02. The Morgan fingerprint density at radius 2 is 1.76 bits per heavy atom. The van der Waals surface area contributed by atoms with Crippen molar-refractivity contribution in [3.8, 4) is 29.6 Å². The van der Waals surface area contributed by atoms with Crippen LogP contribution in [0.3, 0.4) is 0 Å². The molecule has 0 aliphatic rings. The first-order valence-electron chi connectivity index (χ1n) is 5.86. The number of ether oxygens (including phenoxy) is 3. The summed E-state index contributed by atoms with van der Waals surface area (Å²) in [6.07, 6.45) is 0. The van der Waals surface area contributed by atoms with E-state index in [1.54, 1.807) is 24.3 Å². The second-order valence-electron chi connectivity index (χ2n) is 3.77. The van der Waals surface area contributed by atoms with Gasteiger partial charge in [0.15, 0.2) is 0 Å². The number of aromatic nitrogens is 2. The highest BCUT2D eigenvalue weighted by Gasteiger charge is 2.14. The number of nitriles is 1. The molecule has 2 aromatic rings. The van der Waals surface area contributed by atoms with Crippen LogP contribution in [0.2, 0.25) is 0 Å². The van der Waals surface area contributed by atoms with E-state index in [0.717, 1.165) is 0 Å². The average molecular weight is 285 g/mol. The number of Topliss-reactive ketones (excluding diaryl/α,β-unsaturated/α-hetero) is 1. The minimum Gasteiger partial charge on any atom is -0.481 e. The van der Waals surface area contributed by atoms with Gasteiger partial charge in [0.25, 0.3) is 5.78 Å². The van der Waals surface area contributed by atoms with Crippen LogP contribution in [0.25, 0.3) is 0 Å². The minimum absolute atomic E-state index is 0.0515. The monoisotopic (exact) mass is 285 g/mol. The summed E-state index contributed by atoms with van der Waals surface area (Å²) in [4.78, 5) is 19.5. The summed E-state index contributed by atoms with van der Waals surface area (Å²) in [6, 6.07) is 9.30. The zero-order valence-electron chi connectivity index (χ0n) is 11.4. The van der Waals surface area contributed by atoms with Crippen molar-refractivity contribution < 1.29 is 19.0 Å². The molecule has 0 unspecified atom stereocenters. The van der Waals surface area contributed by atoms with E-state index >= 15 is 0 Å². The Balaban J connectivity index is 2.39. The zero-order chi connectivity index (χ0) is 15.2. The van der Waals surface area contributed by atoms with Gasteiger partial charge in [-0.15, -0.1) is 0 Å². The number of benzene rings is 1. The Kier molecular flexibility index (Phi) is 4.31. The van der Waals surface area contributed by atoms with Gasteiger partial charge in [-0.2, -0.15) is 15.2 Å². The highest BCUT2D eigenvalue weighted by molar-refractivity contribution is 6.09. The summed E-state index contributed by atoms with van der Waals surface area (Å²) >= 11 is 0. The lowest BCUT2D eigenvalue weighted by atomic mass is 10.1. The van der Waals surface area contributed by atoms with Crippen molar-refractivity contribution in [2.24, 2.45) is 0 Å². The van der Waals surface area contributed by atoms with E-state index in [9.17, 15) is 4.79 Å². The Morgan fingerprint density at radius 1 is 1.14 bits per heavy atom. The molecule has 21 heavy (non-hydrogen) atoms. The molecule has 1 heterocycles. The molecular weight excluding hydrogens is 274 g/mol. The van der Waals surface area contributed by atoms with E-state index in [1.165, 1.54) is 26.4 Å². The molecule has 1 aromatic heterocycles. The van der Waals surface area contributed by atoms with Crippen LogP contribution in [0.4, 0.5) is 0 Å². The van der Waals surface area contributed by atoms with Gasteiger partial charge in [0.2, 0.25) is 11.8 Å². The second-order valence-corrected chi connectivity index (χ2v) is 3.77. The summed E-state index contributed by atoms with van der Waals surface area (Å²) in [5.74, 6) is -0.0262. The third-order valence-electron chi connectivity index (χ3n) is 2.51. The second kappa shape index (κ2) is 6.34. The van der Waals surface area contributed by atoms with Crippen molar-refractivity contribution in [1.82, 2.24) is 9.97 Å². The molecule has 0 bridgehead atoms. The van der Waals surface area contributed by atoms with Gasteiger partial charge in [0, 0.05) is 0 Å². The molecule has 1 aromatic carbocycles. The molecule has 0 aliphatic carbocycles. The highest BCUT2D eigenvalue weighted by atomic mass is 16.5. The lowest BCUT2D eigenvalue weighted by Gasteiger charge is -2.09. The van der Waals surface area contributed by atoms with Gasteiger partial charge in [-0.25, -0.2) is 0 Å². The van der Waals surface area contributed by atoms with Gasteiger partial charge in [0.05, 0.1) is 25.8 Å². The number of ketones is 1. The summed E-state index contributed by atoms with van der Waals surface area (Å²) in [7, 11) is 2.89. The lowest BCUT2D eigenvalue weighted by molar-refractivity contribution is 0.105. The first-order chi connectivity index (χ1) is 10.2. The molecule has 0 spiro atoms. The third kappa shape index (κ3) is 3.25. The number of rotatable bonds is 5. The van der Waals surface area contributed by atoms with Crippen LogP contribution in [0, 0.1) is 11.3 Å². The van der Waals surface area contributed by atoms with Crippen molar-refractivity contribution in [2.75, 3.05) is 14.2 Å². The molecule has 0 fully saturated rings. The minimum atomic E-state index is -0.708. The zero-order valence-corrected chi connectivity index (χ0v) is 11.4. The molecule has 7 heteroatoms. The predicted molar refractivity (Wildman–Crippen MR) is 71.6 cm³/mol. The van der Waals surface area contributed by atoms with E-state index < -0.39 is 5.78 Å². The normalized spacial score (nSPS) is 9.57. The van der Waals surface area contributed by atoms with E-state index in [0.29, 0.717) is 0 Å². The summed E-state index contributed by atoms with van der Waals surface area (Å²) in [5, 5.41) is 8.72. The average Bonchev–Trinajstić information content (AvgIpc) is 2.54. The van der Waals surface area contributed by atoms with Crippen molar-refractivity contribution in [3.63, 3.8) is 0 Å². The number of carbonyl (C=O) groups excluding carboxylic acids is 1. The van der Waals surface area contributed by atoms with Crippen LogP contribution in [-0.2, 0) is 0 Å². The number of para-hydroxylation sites is 1. The number of nitrogens with zero attached hydrogens (tertiary/aromatic N) is 3. The summed E-state index contributed by atoms with van der Waals surface area (Å²) in [5.41, 5.74) is 0.130. The van der Waals surface area contributed by atoms with Crippen molar-refractivity contribution >= 4 is 5.78 Å². The maximum Gasteiger partial charge on any atom is 0.328 e. The van der Waals surface area contributed by atoms with Crippen molar-refractivity contribution in [3.05, 3.63) is 35.9 Å². The highest BCUT2D eigenvalue weighted by Crippen LogP contribution is 2.26. The fraction of sp³-hybridized carbons (Fsp3) is 0.143. The van der Waals surface area contributed by atoms with Gasteiger partial charge >= 0.3 is 6.01 Å². The quantitative estimate of drug-likeness (QED) is 0.612. The van der Waals surface area contributed by atoms with Crippen molar-refractivity contribution in [2.45, 2.75) is 0 Å². The molecule has 106 valence electrons. The molecule has 0 saturated carbocycles. The summed E-state index contributed by atoms with van der Waals surface area (Å²) < 4.78 is 15.5. The molecular formula is C14H11N3O4. The number of methoxy groups -OCH3 is 2. The molecule has 0 radical (unpaired) electrons. The topological polar surface area (TPSA) is 94.3 Å². The number of hydrogen-bond donors (Lipinski definition) is 0. The van der Waals surface area contributed by atoms with Crippen LogP contribution in [0.15, 0.2) is 30.3 Å². The molecule has 0 amide bonds. The number of hydrogen-bond acceptors (Lipinski definition) is 7. The van der Waals surface area contributed by atoms with E-state index in [4.69, 9.17) is 19.5 Å². The largest absolute Gasteiger partial charge is 0.481 e. The molecule has 0 aliphatic heterocycles. The van der Waals surface area contributed by atoms with Gasteiger partial charge in [-0.3, -0.25) is 4.79 Å². The van der Waals surface area contributed by atoms with Crippen LogP contribution in [0.5, 0.6) is 23.5 Å². The number of carbonyl (C=O) groups is 1. The first-order valence-corrected chi connectivity index (χ1v) is 5.86. The Bertz CT molecular complexity index is 687. The van der Waals surface area contributed by atoms with Gasteiger partial charge in [-0.05, 0) is 12.1 Å². The fourth-order valence-electron chi connectivity index (χ4n) is 1.54. The van der Waals surface area contributed by atoms with Crippen LogP contribution < -0.4 is 14.2 Å². The maximum atomic E-state index is 11.5. The molecule has 7 nitrogen and oxygen atoms in total. The Hall–Kier alpha value is -3.14. The molecule has 0 saturated heterocycles. The van der Waals surface area contributed by atoms with Crippen molar-refractivity contribution in [1.29, 1.82) is 5.26 Å². The standard InChI is InChI=1S/C14H11N3O4/c1-19-12-7-13(20-2)17-14(16-12)21-11-6-4-3-5-9(11)10(18)8-15/h3-7H,1-2H3. The van der Waals surface area contributed by atoms with Gasteiger partial charge in [-0.1, -0.05) is 12.1 Å². The maximum absolute atomic E-state index is 11.5. The van der Waals surface area contributed by atoms with Gasteiger partial charge < -0.3 is 14.2 Å². The van der Waals surface area contributed by atoms with Crippen LogP contribution in [0.1, 0.15) is 10.4 Å². The first kappa shape index (κ1) is 14.3. The van der Waals surface area contributed by atoms with Crippen LogP contribution in [-0.4, -0.2) is 30.0 Å². The van der Waals surface area contributed by atoms with Gasteiger partial charge in [0.1, 0.15) is 11.8 Å². The smallest absolute Gasteiger partial charge is 0.328 e. The predicted octanol–water partition coefficient (Wildman–Crippen LogP) is 1.99.